The van der Waals surface area contributed by atoms with Crippen LogP contribution in [0, 0.1) is 0 Å². The van der Waals surface area contributed by atoms with Crippen molar-refractivity contribution in [1.29, 1.82) is 0 Å². The van der Waals surface area contributed by atoms with Gasteiger partial charge in [-0.15, -0.1) is 0 Å². The molecule has 0 bridgehead atoms. The van der Waals surface area contributed by atoms with Gasteiger partial charge in [-0.3, -0.25) is 9.59 Å². The van der Waals surface area contributed by atoms with E-state index < -0.39 is 23.9 Å². The van der Waals surface area contributed by atoms with Gasteiger partial charge in [0.2, 0.25) is 5.91 Å². The molecule has 0 radical (unpaired) electrons. The van der Waals surface area contributed by atoms with Crippen LogP contribution in [0.5, 0.6) is 0 Å². The molecule has 2 N–H and O–H groups in total. The molecule has 0 aliphatic rings. The summed E-state index contributed by atoms with van der Waals surface area (Å²) in [4.78, 5) is 35.4. The highest BCUT2D eigenvalue weighted by atomic mass is 16.5. The van der Waals surface area contributed by atoms with Crippen molar-refractivity contribution in [2.45, 2.75) is 6.10 Å². The molecule has 1 heterocycles. The monoisotopic (exact) mass is 284 g/mol. The van der Waals surface area contributed by atoms with E-state index in [9.17, 15) is 19.5 Å². The zero-order chi connectivity index (χ0) is 15.1. The van der Waals surface area contributed by atoms with Crippen molar-refractivity contribution >= 4 is 17.8 Å². The average molecular weight is 284 g/mol. The number of furan rings is 1. The third-order valence-corrected chi connectivity index (χ3v) is 2.43. The maximum absolute atomic E-state index is 11.8. The Morgan fingerprint density at radius 1 is 1.50 bits per heavy atom. The number of hydrogen-bond acceptors (Lipinski definition) is 6. The second-order valence-corrected chi connectivity index (χ2v) is 3.98. The largest absolute Gasteiger partial charge is 0.467 e. The SMILES string of the molecule is COC(=O)C(O)CNC(=O)CN(C)C(=O)c1ccco1. The van der Waals surface area contributed by atoms with Crippen molar-refractivity contribution in [3.8, 4) is 0 Å². The minimum atomic E-state index is -1.44. The summed E-state index contributed by atoms with van der Waals surface area (Å²) in [5.41, 5.74) is 0. The maximum Gasteiger partial charge on any atom is 0.336 e. The maximum atomic E-state index is 11.8. The van der Waals surface area contributed by atoms with E-state index in [-0.39, 0.29) is 18.8 Å². The van der Waals surface area contributed by atoms with Crippen LogP contribution in [0.15, 0.2) is 22.8 Å². The summed E-state index contributed by atoms with van der Waals surface area (Å²) in [7, 11) is 2.56. The lowest BCUT2D eigenvalue weighted by molar-refractivity contribution is -0.150. The first-order valence-corrected chi connectivity index (χ1v) is 5.77. The molecule has 8 nitrogen and oxygen atoms in total. The van der Waals surface area contributed by atoms with E-state index in [0.717, 1.165) is 12.0 Å². The molecule has 0 fully saturated rings. The Balaban J connectivity index is 2.39. The highest BCUT2D eigenvalue weighted by Crippen LogP contribution is 2.03. The van der Waals surface area contributed by atoms with E-state index in [1.165, 1.54) is 19.4 Å². The van der Waals surface area contributed by atoms with E-state index in [0.29, 0.717) is 0 Å². The number of aliphatic hydroxyl groups is 1. The second kappa shape index (κ2) is 7.29. The number of hydrogen-bond donors (Lipinski definition) is 2. The molecule has 1 unspecified atom stereocenters. The molecule has 0 aliphatic heterocycles. The number of nitrogens with zero attached hydrogens (tertiary/aromatic N) is 1. The van der Waals surface area contributed by atoms with Gasteiger partial charge in [-0.2, -0.15) is 0 Å². The fourth-order valence-electron chi connectivity index (χ4n) is 1.36. The summed E-state index contributed by atoms with van der Waals surface area (Å²) in [6.45, 7) is -0.512. The summed E-state index contributed by atoms with van der Waals surface area (Å²) in [6, 6.07) is 3.05. The third-order valence-electron chi connectivity index (χ3n) is 2.43. The first-order valence-electron chi connectivity index (χ1n) is 5.77. The average Bonchev–Trinajstić information content (AvgIpc) is 2.96. The Bertz CT molecular complexity index is 470. The minimum Gasteiger partial charge on any atom is -0.467 e. The Labute approximate surface area is 115 Å². The Kier molecular flexibility index (Phi) is 5.73. The summed E-state index contributed by atoms with van der Waals surface area (Å²) >= 11 is 0. The molecule has 1 aromatic heterocycles. The van der Waals surface area contributed by atoms with Crippen LogP contribution in [-0.4, -0.2) is 61.1 Å². The van der Waals surface area contributed by atoms with Crippen LogP contribution >= 0.6 is 0 Å². The van der Waals surface area contributed by atoms with E-state index in [1.54, 1.807) is 6.07 Å². The fraction of sp³-hybridized carbons (Fsp3) is 0.417. The number of carbonyl (C=O) groups is 3. The number of rotatable bonds is 6. The van der Waals surface area contributed by atoms with Crippen LogP contribution in [0.3, 0.4) is 0 Å². The van der Waals surface area contributed by atoms with E-state index in [1.807, 2.05) is 0 Å². The highest BCUT2D eigenvalue weighted by molar-refractivity contribution is 5.94. The van der Waals surface area contributed by atoms with Gasteiger partial charge in [0.25, 0.3) is 5.91 Å². The number of esters is 1. The smallest absolute Gasteiger partial charge is 0.336 e. The lowest BCUT2D eigenvalue weighted by atomic mass is 10.3. The zero-order valence-corrected chi connectivity index (χ0v) is 11.2. The molecular formula is C12H16N2O6. The van der Waals surface area contributed by atoms with Crippen molar-refractivity contribution in [2.24, 2.45) is 0 Å². The molecule has 0 saturated heterocycles. The van der Waals surface area contributed by atoms with E-state index in [4.69, 9.17) is 4.42 Å². The van der Waals surface area contributed by atoms with Crippen LogP contribution in [0.25, 0.3) is 0 Å². The lowest BCUT2D eigenvalue weighted by Crippen LogP contribution is -2.42. The van der Waals surface area contributed by atoms with Gasteiger partial charge in [-0.25, -0.2) is 4.79 Å². The molecule has 1 aromatic rings. The molecule has 0 saturated carbocycles. The van der Waals surface area contributed by atoms with E-state index in [2.05, 4.69) is 10.1 Å². The van der Waals surface area contributed by atoms with Crippen molar-refractivity contribution in [3.05, 3.63) is 24.2 Å². The third kappa shape index (κ3) is 4.39. The number of amides is 2. The van der Waals surface area contributed by atoms with Gasteiger partial charge in [-0.1, -0.05) is 0 Å². The molecule has 8 heteroatoms. The molecule has 0 spiro atoms. The summed E-state index contributed by atoms with van der Waals surface area (Å²) in [6.07, 6.45) is -0.0801. The topological polar surface area (TPSA) is 109 Å². The number of likely N-dealkylation sites (N-methyl/N-ethyl adjacent to an activating group) is 1. The molecule has 0 aromatic carbocycles. The van der Waals surface area contributed by atoms with Crippen LogP contribution in [0.2, 0.25) is 0 Å². The zero-order valence-electron chi connectivity index (χ0n) is 11.2. The van der Waals surface area contributed by atoms with Crippen molar-refractivity contribution in [2.75, 3.05) is 27.2 Å². The highest BCUT2D eigenvalue weighted by Gasteiger charge is 2.19. The number of methoxy groups -OCH3 is 1. The molecule has 110 valence electrons. The van der Waals surface area contributed by atoms with Gasteiger partial charge < -0.3 is 24.5 Å². The van der Waals surface area contributed by atoms with Gasteiger partial charge in [-0.05, 0) is 12.1 Å². The van der Waals surface area contributed by atoms with E-state index >= 15 is 0 Å². The van der Waals surface area contributed by atoms with Gasteiger partial charge in [0.1, 0.15) is 0 Å². The summed E-state index contributed by atoms with van der Waals surface area (Å²) in [5.74, 6) is -1.69. The number of aliphatic hydroxyl groups excluding tert-OH is 1. The first kappa shape index (κ1) is 15.7. The van der Waals surface area contributed by atoms with Crippen molar-refractivity contribution in [3.63, 3.8) is 0 Å². The van der Waals surface area contributed by atoms with Crippen molar-refractivity contribution in [1.82, 2.24) is 10.2 Å². The quantitative estimate of drug-likeness (QED) is 0.649. The van der Waals surface area contributed by atoms with Crippen LogP contribution in [0.4, 0.5) is 0 Å². The second-order valence-electron chi connectivity index (χ2n) is 3.98. The molecule has 20 heavy (non-hydrogen) atoms. The summed E-state index contributed by atoms with van der Waals surface area (Å²) < 4.78 is 9.21. The molecular weight excluding hydrogens is 268 g/mol. The minimum absolute atomic E-state index is 0.120. The fourth-order valence-corrected chi connectivity index (χ4v) is 1.36. The Morgan fingerprint density at radius 3 is 2.75 bits per heavy atom. The molecule has 0 aliphatic carbocycles. The van der Waals surface area contributed by atoms with Crippen LogP contribution in [-0.2, 0) is 14.3 Å². The predicted molar refractivity (Wildman–Crippen MR) is 66.7 cm³/mol. The normalized spacial score (nSPS) is 11.6. The number of carbonyl (C=O) groups excluding carboxylic acids is 3. The standard InChI is InChI=1S/C12H16N2O6/c1-14(11(17)9-4-3-5-20-9)7-10(16)13-6-8(15)12(18)19-2/h3-5,8,15H,6-7H2,1-2H3,(H,13,16). The number of ether oxygens (including phenoxy) is 1. The first-order chi connectivity index (χ1) is 9.45. The molecule has 1 rings (SSSR count). The van der Waals surface area contributed by atoms with Crippen LogP contribution < -0.4 is 5.32 Å². The Morgan fingerprint density at radius 2 is 2.20 bits per heavy atom. The predicted octanol–water partition coefficient (Wildman–Crippen LogP) is -0.998. The lowest BCUT2D eigenvalue weighted by Gasteiger charge is -2.16. The number of nitrogens with one attached hydrogen (secondary N) is 1. The summed E-state index contributed by atoms with van der Waals surface area (Å²) in [5, 5.41) is 11.6. The van der Waals surface area contributed by atoms with Gasteiger partial charge in [0.05, 0.1) is 26.5 Å². The molecule has 2 amide bonds. The van der Waals surface area contributed by atoms with Crippen LogP contribution in [0.1, 0.15) is 10.6 Å². The molecule has 1 atom stereocenters. The van der Waals surface area contributed by atoms with Crippen molar-refractivity contribution < 1.29 is 28.6 Å². The Hall–Kier alpha value is -2.35. The van der Waals surface area contributed by atoms with Gasteiger partial charge in [0, 0.05) is 7.05 Å². The van der Waals surface area contributed by atoms with Gasteiger partial charge in [0.15, 0.2) is 11.9 Å². The van der Waals surface area contributed by atoms with Gasteiger partial charge >= 0.3 is 5.97 Å².